The van der Waals surface area contributed by atoms with Gasteiger partial charge in [0.05, 0.1) is 19.7 Å². The van der Waals surface area contributed by atoms with E-state index in [1.54, 1.807) is 30.9 Å². The number of hydrogen-bond acceptors (Lipinski definition) is 4. The molecule has 1 amide bonds. The lowest BCUT2D eigenvalue weighted by atomic mass is 10.2. The molecule has 0 aliphatic rings. The minimum atomic E-state index is -0.366. The van der Waals surface area contributed by atoms with Gasteiger partial charge in [0.1, 0.15) is 5.82 Å². The lowest BCUT2D eigenvalue weighted by Gasteiger charge is -2.20. The molecule has 0 aliphatic carbocycles. The van der Waals surface area contributed by atoms with E-state index in [9.17, 15) is 14.0 Å². The molecule has 5 nitrogen and oxygen atoms in total. The van der Waals surface area contributed by atoms with Crippen molar-refractivity contribution < 1.29 is 18.7 Å². The van der Waals surface area contributed by atoms with Gasteiger partial charge < -0.3 is 10.1 Å². The lowest BCUT2D eigenvalue weighted by Crippen LogP contribution is -2.38. The normalized spacial score (nSPS) is 10.6. The smallest absolute Gasteiger partial charge is 0.320 e. The van der Waals surface area contributed by atoms with Crippen LogP contribution in [0.2, 0.25) is 0 Å². The first-order valence-electron chi connectivity index (χ1n) is 7.40. The molecule has 1 aromatic carbocycles. The van der Waals surface area contributed by atoms with Crippen LogP contribution in [0.15, 0.2) is 18.2 Å². The molecule has 0 saturated heterocycles. The van der Waals surface area contributed by atoms with Crippen molar-refractivity contribution in [2.75, 3.05) is 31.6 Å². The number of benzene rings is 1. The summed E-state index contributed by atoms with van der Waals surface area (Å²) >= 11 is 0. The van der Waals surface area contributed by atoms with E-state index in [0.29, 0.717) is 24.4 Å². The van der Waals surface area contributed by atoms with Crippen molar-refractivity contribution in [3.63, 3.8) is 0 Å². The van der Waals surface area contributed by atoms with Gasteiger partial charge in [-0.1, -0.05) is 13.0 Å². The Balaban J connectivity index is 2.58. The third-order valence-corrected chi connectivity index (χ3v) is 3.02. The van der Waals surface area contributed by atoms with E-state index in [0.717, 1.165) is 6.42 Å². The highest BCUT2D eigenvalue weighted by molar-refractivity contribution is 5.92. The molecule has 0 aromatic heterocycles. The molecular formula is C16H23FN2O3. The number of carbonyl (C=O) groups excluding carboxylic acids is 2. The molecule has 22 heavy (non-hydrogen) atoms. The fourth-order valence-electron chi connectivity index (χ4n) is 1.99. The standard InChI is InChI=1S/C16H23FN2O3/c1-4-8-19(11-16(21)22-5-2)10-15(20)18-13-7-6-12(3)14(17)9-13/h6-7,9H,4-5,8,10-11H2,1-3H3,(H,18,20). The van der Waals surface area contributed by atoms with E-state index in [-0.39, 0.29) is 30.8 Å². The van der Waals surface area contributed by atoms with Crippen LogP contribution in [0.4, 0.5) is 10.1 Å². The summed E-state index contributed by atoms with van der Waals surface area (Å²) in [7, 11) is 0. The molecule has 0 radical (unpaired) electrons. The summed E-state index contributed by atoms with van der Waals surface area (Å²) in [5, 5.41) is 2.63. The second kappa shape index (κ2) is 9.15. The minimum absolute atomic E-state index is 0.0577. The second-order valence-electron chi connectivity index (χ2n) is 5.03. The van der Waals surface area contributed by atoms with Crippen molar-refractivity contribution in [3.05, 3.63) is 29.6 Å². The third kappa shape index (κ3) is 6.22. The Bertz CT molecular complexity index is 520. The molecular weight excluding hydrogens is 287 g/mol. The van der Waals surface area contributed by atoms with Gasteiger partial charge in [-0.2, -0.15) is 0 Å². The van der Waals surface area contributed by atoms with Gasteiger partial charge in [0.25, 0.3) is 0 Å². The van der Waals surface area contributed by atoms with Gasteiger partial charge in [-0.15, -0.1) is 0 Å². The molecule has 0 bridgehead atoms. The van der Waals surface area contributed by atoms with Gasteiger partial charge in [-0.25, -0.2) is 4.39 Å². The van der Waals surface area contributed by atoms with Crippen molar-refractivity contribution in [1.82, 2.24) is 4.90 Å². The molecule has 0 aliphatic heterocycles. The van der Waals surface area contributed by atoms with Gasteiger partial charge in [0.2, 0.25) is 5.91 Å². The predicted molar refractivity (Wildman–Crippen MR) is 83.1 cm³/mol. The molecule has 0 atom stereocenters. The summed E-state index contributed by atoms with van der Waals surface area (Å²) in [4.78, 5) is 25.2. The van der Waals surface area contributed by atoms with Crippen LogP contribution in [0.3, 0.4) is 0 Å². The number of nitrogens with zero attached hydrogens (tertiary/aromatic N) is 1. The van der Waals surface area contributed by atoms with Crippen LogP contribution < -0.4 is 5.32 Å². The van der Waals surface area contributed by atoms with Crippen molar-refractivity contribution >= 4 is 17.6 Å². The Kier molecular flexibility index (Phi) is 7.52. The molecule has 0 unspecified atom stereocenters. The fourth-order valence-corrected chi connectivity index (χ4v) is 1.99. The maximum atomic E-state index is 13.4. The molecule has 0 saturated carbocycles. The van der Waals surface area contributed by atoms with Crippen LogP contribution in [-0.4, -0.2) is 43.0 Å². The number of amides is 1. The minimum Gasteiger partial charge on any atom is -0.465 e. The van der Waals surface area contributed by atoms with Crippen molar-refractivity contribution in [2.45, 2.75) is 27.2 Å². The van der Waals surface area contributed by atoms with E-state index in [1.165, 1.54) is 6.07 Å². The van der Waals surface area contributed by atoms with Crippen molar-refractivity contribution in [1.29, 1.82) is 0 Å². The molecule has 0 fully saturated rings. The number of halogens is 1. The van der Waals surface area contributed by atoms with E-state index in [1.807, 2.05) is 6.92 Å². The van der Waals surface area contributed by atoms with Gasteiger partial charge in [0.15, 0.2) is 0 Å². The van der Waals surface area contributed by atoms with Gasteiger partial charge >= 0.3 is 5.97 Å². The summed E-state index contributed by atoms with van der Waals surface area (Å²) in [6.07, 6.45) is 0.811. The summed E-state index contributed by atoms with van der Waals surface area (Å²) in [5.74, 6) is -1.01. The van der Waals surface area contributed by atoms with Crippen LogP contribution in [0.25, 0.3) is 0 Å². The highest BCUT2D eigenvalue weighted by atomic mass is 19.1. The average Bonchev–Trinajstić information content (AvgIpc) is 2.43. The number of carbonyl (C=O) groups is 2. The SMILES string of the molecule is CCCN(CC(=O)Nc1ccc(C)c(F)c1)CC(=O)OCC. The number of esters is 1. The average molecular weight is 310 g/mol. The Morgan fingerprint density at radius 2 is 2.00 bits per heavy atom. The summed E-state index contributed by atoms with van der Waals surface area (Å²) < 4.78 is 18.3. The first-order valence-corrected chi connectivity index (χ1v) is 7.40. The van der Waals surface area contributed by atoms with E-state index in [4.69, 9.17) is 4.74 Å². The number of ether oxygens (including phenoxy) is 1. The first-order chi connectivity index (χ1) is 10.5. The zero-order valence-electron chi connectivity index (χ0n) is 13.3. The van der Waals surface area contributed by atoms with Crippen LogP contribution >= 0.6 is 0 Å². The summed E-state index contributed by atoms with van der Waals surface area (Å²) in [6.45, 7) is 6.40. The number of nitrogens with one attached hydrogen (secondary N) is 1. The Morgan fingerprint density at radius 1 is 1.27 bits per heavy atom. The zero-order valence-corrected chi connectivity index (χ0v) is 13.3. The Hall–Kier alpha value is -1.95. The first kappa shape index (κ1) is 18.1. The van der Waals surface area contributed by atoms with Crippen LogP contribution in [0.1, 0.15) is 25.8 Å². The highest BCUT2D eigenvalue weighted by Crippen LogP contribution is 2.13. The molecule has 1 N–H and O–H groups in total. The monoisotopic (exact) mass is 310 g/mol. The van der Waals surface area contributed by atoms with E-state index < -0.39 is 0 Å². The largest absolute Gasteiger partial charge is 0.465 e. The molecule has 0 spiro atoms. The van der Waals surface area contributed by atoms with Crippen LogP contribution in [-0.2, 0) is 14.3 Å². The predicted octanol–water partition coefficient (Wildman–Crippen LogP) is 2.35. The zero-order chi connectivity index (χ0) is 16.5. The summed E-state index contributed by atoms with van der Waals surface area (Å²) in [5.41, 5.74) is 0.925. The quantitative estimate of drug-likeness (QED) is 0.749. The number of anilines is 1. The molecule has 0 heterocycles. The van der Waals surface area contributed by atoms with Gasteiger partial charge in [-0.05, 0) is 44.5 Å². The van der Waals surface area contributed by atoms with Crippen LogP contribution in [0, 0.1) is 12.7 Å². The molecule has 122 valence electrons. The second-order valence-corrected chi connectivity index (χ2v) is 5.03. The summed E-state index contributed by atoms with van der Waals surface area (Å²) in [6, 6.07) is 4.53. The Morgan fingerprint density at radius 3 is 2.59 bits per heavy atom. The van der Waals surface area contributed by atoms with E-state index in [2.05, 4.69) is 5.32 Å². The third-order valence-electron chi connectivity index (χ3n) is 3.02. The van der Waals surface area contributed by atoms with E-state index >= 15 is 0 Å². The molecule has 1 rings (SSSR count). The number of hydrogen-bond donors (Lipinski definition) is 1. The van der Waals surface area contributed by atoms with Crippen LogP contribution in [0.5, 0.6) is 0 Å². The molecule has 1 aromatic rings. The van der Waals surface area contributed by atoms with Gasteiger partial charge in [-0.3, -0.25) is 14.5 Å². The maximum absolute atomic E-state index is 13.4. The molecule has 6 heteroatoms. The van der Waals surface area contributed by atoms with Crippen molar-refractivity contribution in [3.8, 4) is 0 Å². The maximum Gasteiger partial charge on any atom is 0.320 e. The lowest BCUT2D eigenvalue weighted by molar-refractivity contribution is -0.144. The number of rotatable bonds is 8. The Labute approximate surface area is 130 Å². The van der Waals surface area contributed by atoms with Gasteiger partial charge in [0, 0.05) is 5.69 Å². The fraction of sp³-hybridized carbons (Fsp3) is 0.500. The van der Waals surface area contributed by atoms with Crippen molar-refractivity contribution in [2.24, 2.45) is 0 Å². The number of aryl methyl sites for hydroxylation is 1. The topological polar surface area (TPSA) is 58.6 Å². The highest BCUT2D eigenvalue weighted by Gasteiger charge is 2.15.